The molecular weight excluding hydrogens is 630 g/mol. The molecular formula is C38H59NO10. The van der Waals surface area contributed by atoms with Gasteiger partial charge in [0.05, 0.1) is 35.9 Å². The van der Waals surface area contributed by atoms with Gasteiger partial charge in [0.15, 0.2) is 6.29 Å². The Balaban J connectivity index is 2.00. The van der Waals surface area contributed by atoms with E-state index in [1.807, 2.05) is 50.1 Å². The second-order valence-electron chi connectivity index (χ2n) is 14.8. The van der Waals surface area contributed by atoms with Crippen molar-refractivity contribution in [2.75, 3.05) is 14.2 Å². The van der Waals surface area contributed by atoms with Crippen LogP contribution in [0.15, 0.2) is 24.3 Å². The van der Waals surface area contributed by atoms with Crippen LogP contribution >= 0.6 is 0 Å². The molecule has 2 aliphatic heterocycles. The average molecular weight is 690 g/mol. The molecule has 276 valence electrons. The number of hydrogen-bond donors (Lipinski definition) is 4. The summed E-state index contributed by atoms with van der Waals surface area (Å²) in [5.41, 5.74) is -1.39. The number of carbonyl (C=O) groups is 2. The molecule has 1 aromatic carbocycles. The summed E-state index contributed by atoms with van der Waals surface area (Å²) < 4.78 is 24.7. The van der Waals surface area contributed by atoms with Crippen molar-refractivity contribution >= 4 is 11.8 Å². The molecule has 11 heteroatoms. The van der Waals surface area contributed by atoms with Crippen molar-refractivity contribution < 1.29 is 49.0 Å². The Morgan fingerprint density at radius 3 is 2.18 bits per heavy atom. The van der Waals surface area contributed by atoms with E-state index >= 15 is 0 Å². The molecule has 0 bridgehead atoms. The van der Waals surface area contributed by atoms with Crippen molar-refractivity contribution in [1.82, 2.24) is 4.90 Å². The monoisotopic (exact) mass is 689 g/mol. The third-order valence-corrected chi connectivity index (χ3v) is 11.3. The molecule has 0 aliphatic carbocycles. The lowest BCUT2D eigenvalue weighted by atomic mass is 9.72. The molecule has 2 heterocycles. The maximum absolute atomic E-state index is 13.6. The predicted molar refractivity (Wildman–Crippen MR) is 184 cm³/mol. The number of aliphatic hydroxyl groups is 4. The van der Waals surface area contributed by atoms with E-state index in [0.29, 0.717) is 13.0 Å². The van der Waals surface area contributed by atoms with Gasteiger partial charge >= 0.3 is 5.97 Å². The third kappa shape index (κ3) is 8.92. The molecule has 2 saturated heterocycles. The SMILES string of the molecule is C#Cc1ccc(CN(C)[C@H]2C[C@@H](C)O[C@@H](O[C@@H]3[C@@H](C)[C@H](O)[C@@H](C)C(=O)O[C@H](CC)[C@@](C)(O)[C@H](O)[C@@H](C)C(=O)C[C@@H](C)[C@@]3(C)OC)[C@@H]2O)cc1. The van der Waals surface area contributed by atoms with E-state index in [1.54, 1.807) is 20.8 Å². The highest BCUT2D eigenvalue weighted by Gasteiger charge is 2.52. The zero-order chi connectivity index (χ0) is 37.0. The second-order valence-corrected chi connectivity index (χ2v) is 14.8. The van der Waals surface area contributed by atoms with E-state index in [-0.39, 0.29) is 30.8 Å². The molecule has 2 aliphatic rings. The number of benzene rings is 1. The van der Waals surface area contributed by atoms with Gasteiger partial charge < -0.3 is 39.4 Å². The van der Waals surface area contributed by atoms with Crippen LogP contribution in [0.1, 0.15) is 85.8 Å². The smallest absolute Gasteiger partial charge is 0.311 e. The number of terminal acetylenes is 1. The van der Waals surface area contributed by atoms with Crippen LogP contribution < -0.4 is 0 Å². The molecule has 14 atom stereocenters. The van der Waals surface area contributed by atoms with Crippen molar-refractivity contribution in [2.45, 2.75) is 141 Å². The Labute approximate surface area is 292 Å². The highest BCUT2D eigenvalue weighted by atomic mass is 16.7. The largest absolute Gasteiger partial charge is 0.459 e. The maximum Gasteiger partial charge on any atom is 0.311 e. The summed E-state index contributed by atoms with van der Waals surface area (Å²) >= 11 is 0. The number of rotatable bonds is 7. The summed E-state index contributed by atoms with van der Waals surface area (Å²) in [5.74, 6) is -1.91. The standard InChI is InChI=1S/C38H59NO10/c1-12-26-14-16-27(17-15-26)20-39(10)28-19-22(4)47-36(32(28)42)49-34-24(6)31(41)25(7)35(44)48-30(13-2)37(8,45)33(43)23(5)29(40)18-21(3)38(34,9)46-11/h1,14-17,21-25,28,30-34,36,41-43,45H,13,18-20H2,2-11H3/t21-,22-,23+,24+,25-,28+,30-,31+,32-,33-,34-,36+,37-,38-/m1/s1. The van der Waals surface area contributed by atoms with Gasteiger partial charge in [0.25, 0.3) is 0 Å². The fourth-order valence-corrected chi connectivity index (χ4v) is 7.41. The van der Waals surface area contributed by atoms with Gasteiger partial charge in [-0.05, 0) is 71.2 Å². The summed E-state index contributed by atoms with van der Waals surface area (Å²) in [5, 5.41) is 46.0. The van der Waals surface area contributed by atoms with E-state index in [9.17, 15) is 30.0 Å². The summed E-state index contributed by atoms with van der Waals surface area (Å²) in [6.07, 6.45) is -1.39. The molecule has 3 rings (SSSR count). The first kappa shape index (κ1) is 41.0. The average Bonchev–Trinajstić information content (AvgIpc) is 3.08. The molecule has 0 amide bonds. The molecule has 11 nitrogen and oxygen atoms in total. The molecule has 1 aromatic rings. The quantitative estimate of drug-likeness (QED) is 0.247. The van der Waals surface area contributed by atoms with E-state index in [1.165, 1.54) is 27.9 Å². The molecule has 0 unspecified atom stereocenters. The first-order chi connectivity index (χ1) is 22.8. The zero-order valence-electron chi connectivity index (χ0n) is 30.8. The van der Waals surface area contributed by atoms with Crippen molar-refractivity contribution in [3.05, 3.63) is 35.4 Å². The number of methoxy groups -OCH3 is 1. The zero-order valence-corrected chi connectivity index (χ0v) is 30.8. The van der Waals surface area contributed by atoms with E-state index in [0.717, 1.165) is 11.1 Å². The van der Waals surface area contributed by atoms with Crippen molar-refractivity contribution in [2.24, 2.45) is 23.7 Å². The lowest BCUT2D eigenvalue weighted by Gasteiger charge is -2.49. The first-order valence-corrected chi connectivity index (χ1v) is 17.4. The van der Waals surface area contributed by atoms with Gasteiger partial charge in [-0.3, -0.25) is 14.5 Å². The number of Topliss-reactive ketones (excluding diaryl/α,β-unsaturated/α-hetero) is 1. The lowest BCUT2D eigenvalue weighted by Crippen LogP contribution is -2.61. The van der Waals surface area contributed by atoms with E-state index < -0.39 is 77.7 Å². The van der Waals surface area contributed by atoms with E-state index in [2.05, 4.69) is 5.92 Å². The summed E-state index contributed by atoms with van der Waals surface area (Å²) in [7, 11) is 3.40. The van der Waals surface area contributed by atoms with Crippen LogP contribution in [0, 0.1) is 36.0 Å². The van der Waals surface area contributed by atoms with Crippen molar-refractivity contribution in [3.63, 3.8) is 0 Å². The van der Waals surface area contributed by atoms with Crippen LogP contribution in [-0.4, -0.2) is 111 Å². The molecule has 0 aromatic heterocycles. The third-order valence-electron chi connectivity index (χ3n) is 11.3. The molecule has 4 N–H and O–H groups in total. The Kier molecular flexibility index (Phi) is 14.0. The molecule has 2 fully saturated rings. The van der Waals surface area contributed by atoms with E-state index in [4.69, 9.17) is 25.4 Å². The highest BCUT2D eigenvalue weighted by molar-refractivity contribution is 5.81. The van der Waals surface area contributed by atoms with Crippen LogP contribution in [-0.2, 0) is 35.1 Å². The minimum atomic E-state index is -1.93. The number of carbonyl (C=O) groups excluding carboxylic acids is 2. The van der Waals surface area contributed by atoms with Gasteiger partial charge in [0, 0.05) is 43.5 Å². The fourth-order valence-electron chi connectivity index (χ4n) is 7.41. The van der Waals surface area contributed by atoms with Gasteiger partial charge in [-0.1, -0.05) is 45.7 Å². The highest BCUT2D eigenvalue weighted by Crippen LogP contribution is 2.40. The number of aliphatic hydroxyl groups excluding tert-OH is 3. The summed E-state index contributed by atoms with van der Waals surface area (Å²) in [6.45, 7) is 13.8. The number of ether oxygens (including phenoxy) is 4. The molecule has 0 saturated carbocycles. The number of cyclic esters (lactones) is 1. The molecule has 0 spiro atoms. The topological polar surface area (TPSA) is 155 Å². The van der Waals surface area contributed by atoms with Crippen LogP contribution in [0.25, 0.3) is 0 Å². The van der Waals surface area contributed by atoms with Crippen LogP contribution in [0.3, 0.4) is 0 Å². The maximum atomic E-state index is 13.6. The van der Waals surface area contributed by atoms with Crippen LogP contribution in [0.5, 0.6) is 0 Å². The fraction of sp³-hybridized carbons (Fsp3) is 0.737. The number of hydrogen-bond acceptors (Lipinski definition) is 11. The van der Waals surface area contributed by atoms with Gasteiger partial charge in [-0.25, -0.2) is 0 Å². The van der Waals surface area contributed by atoms with Gasteiger partial charge in [0.1, 0.15) is 23.6 Å². The van der Waals surface area contributed by atoms with Gasteiger partial charge in [0.2, 0.25) is 0 Å². The minimum absolute atomic E-state index is 0.0538. The van der Waals surface area contributed by atoms with Crippen LogP contribution in [0.4, 0.5) is 0 Å². The summed E-state index contributed by atoms with van der Waals surface area (Å²) in [4.78, 5) is 29.1. The Bertz CT molecular complexity index is 1300. The van der Waals surface area contributed by atoms with Crippen molar-refractivity contribution in [1.29, 1.82) is 0 Å². The Hall–Kier alpha value is -2.40. The predicted octanol–water partition coefficient (Wildman–Crippen LogP) is 3.07. The lowest BCUT2D eigenvalue weighted by molar-refractivity contribution is -0.306. The van der Waals surface area contributed by atoms with Gasteiger partial charge in [-0.15, -0.1) is 6.42 Å². The second kappa shape index (κ2) is 16.7. The normalized spacial score (nSPS) is 41.5. The van der Waals surface area contributed by atoms with Gasteiger partial charge in [-0.2, -0.15) is 0 Å². The van der Waals surface area contributed by atoms with Crippen molar-refractivity contribution in [3.8, 4) is 12.3 Å². The summed E-state index contributed by atoms with van der Waals surface area (Å²) in [6, 6.07) is 7.30. The number of esters is 1. The Morgan fingerprint density at radius 2 is 1.63 bits per heavy atom. The Morgan fingerprint density at radius 1 is 1.02 bits per heavy atom. The molecule has 0 radical (unpaired) electrons. The van der Waals surface area contributed by atoms with Crippen LogP contribution in [0.2, 0.25) is 0 Å². The number of ketones is 1. The first-order valence-electron chi connectivity index (χ1n) is 17.4. The number of likely N-dealkylation sites (N-methyl/N-ethyl adjacent to an activating group) is 1. The molecule has 49 heavy (non-hydrogen) atoms. The number of nitrogens with zero attached hydrogens (tertiary/aromatic N) is 1. The minimum Gasteiger partial charge on any atom is -0.459 e.